The standard InChI is InChI=1S/C16H22N4O4/c1-3-19(4-2)8-7-17-14(21)13-10-18-16(23)20(15(13)22)11-12-6-5-9-24-12/h5-6,9-10H,3-4,7-8,11H2,1-2H3,(H,17,21)(H,18,23). The monoisotopic (exact) mass is 334 g/mol. The van der Waals surface area contributed by atoms with Gasteiger partial charge in [0.15, 0.2) is 0 Å². The van der Waals surface area contributed by atoms with Crippen molar-refractivity contribution >= 4 is 5.91 Å². The van der Waals surface area contributed by atoms with Crippen molar-refractivity contribution in [2.24, 2.45) is 0 Å². The molecule has 2 N–H and O–H groups in total. The van der Waals surface area contributed by atoms with E-state index in [4.69, 9.17) is 4.42 Å². The highest BCUT2D eigenvalue weighted by Crippen LogP contribution is 2.00. The van der Waals surface area contributed by atoms with Crippen molar-refractivity contribution in [3.63, 3.8) is 0 Å². The highest BCUT2D eigenvalue weighted by Gasteiger charge is 2.15. The molecule has 0 spiro atoms. The fraction of sp³-hybridized carbons (Fsp3) is 0.438. The summed E-state index contributed by atoms with van der Waals surface area (Å²) in [6, 6.07) is 3.32. The topological polar surface area (TPSA) is 100 Å². The molecule has 2 rings (SSSR count). The second-order valence-electron chi connectivity index (χ2n) is 5.26. The molecule has 24 heavy (non-hydrogen) atoms. The first-order chi connectivity index (χ1) is 11.6. The predicted molar refractivity (Wildman–Crippen MR) is 89.3 cm³/mol. The minimum Gasteiger partial charge on any atom is -0.467 e. The van der Waals surface area contributed by atoms with Gasteiger partial charge in [0.25, 0.3) is 11.5 Å². The number of furan rings is 1. The van der Waals surface area contributed by atoms with E-state index in [0.29, 0.717) is 18.8 Å². The third-order valence-electron chi connectivity index (χ3n) is 3.81. The molecule has 1 amide bonds. The average molecular weight is 334 g/mol. The molecule has 0 saturated heterocycles. The summed E-state index contributed by atoms with van der Waals surface area (Å²) in [7, 11) is 0. The Labute approximate surface area is 139 Å². The molecule has 130 valence electrons. The summed E-state index contributed by atoms with van der Waals surface area (Å²) >= 11 is 0. The smallest absolute Gasteiger partial charge is 0.328 e. The molecular formula is C16H22N4O4. The number of nitrogens with one attached hydrogen (secondary N) is 2. The SMILES string of the molecule is CCN(CC)CCNC(=O)c1c[nH]c(=O)n(Cc2ccco2)c1=O. The fourth-order valence-corrected chi connectivity index (χ4v) is 2.34. The number of aromatic nitrogens is 2. The van der Waals surface area contributed by atoms with Crippen LogP contribution in [0.2, 0.25) is 0 Å². The zero-order valence-electron chi connectivity index (χ0n) is 13.9. The van der Waals surface area contributed by atoms with Crippen molar-refractivity contribution in [3.05, 3.63) is 56.8 Å². The van der Waals surface area contributed by atoms with Gasteiger partial charge in [0.05, 0.1) is 12.8 Å². The summed E-state index contributed by atoms with van der Waals surface area (Å²) in [6.07, 6.45) is 2.61. The zero-order chi connectivity index (χ0) is 17.5. The van der Waals surface area contributed by atoms with Gasteiger partial charge in [-0.3, -0.25) is 14.2 Å². The van der Waals surface area contributed by atoms with Crippen LogP contribution < -0.4 is 16.6 Å². The number of nitrogens with zero attached hydrogens (tertiary/aromatic N) is 2. The summed E-state index contributed by atoms with van der Waals surface area (Å²) < 4.78 is 6.09. The molecule has 0 unspecified atom stereocenters. The lowest BCUT2D eigenvalue weighted by Crippen LogP contribution is -2.42. The third kappa shape index (κ3) is 4.23. The Morgan fingerprint density at radius 3 is 2.71 bits per heavy atom. The normalized spacial score (nSPS) is 11.0. The second-order valence-corrected chi connectivity index (χ2v) is 5.26. The van der Waals surface area contributed by atoms with E-state index in [2.05, 4.69) is 15.2 Å². The van der Waals surface area contributed by atoms with Crippen LogP contribution in [0, 0.1) is 0 Å². The van der Waals surface area contributed by atoms with Crippen LogP contribution in [0.5, 0.6) is 0 Å². The molecule has 0 aliphatic rings. The number of hydrogen-bond donors (Lipinski definition) is 2. The Morgan fingerprint density at radius 1 is 1.33 bits per heavy atom. The van der Waals surface area contributed by atoms with E-state index in [0.717, 1.165) is 23.9 Å². The first-order valence-electron chi connectivity index (χ1n) is 7.92. The van der Waals surface area contributed by atoms with Gasteiger partial charge >= 0.3 is 5.69 Å². The Balaban J connectivity index is 2.11. The average Bonchev–Trinajstić information content (AvgIpc) is 3.08. The van der Waals surface area contributed by atoms with Crippen molar-refractivity contribution in [2.45, 2.75) is 20.4 Å². The van der Waals surface area contributed by atoms with E-state index in [-0.39, 0.29) is 12.1 Å². The maximum atomic E-state index is 12.4. The summed E-state index contributed by atoms with van der Waals surface area (Å²) in [5, 5.41) is 2.71. The van der Waals surface area contributed by atoms with Gasteiger partial charge < -0.3 is 19.6 Å². The Kier molecular flexibility index (Phi) is 6.14. The third-order valence-corrected chi connectivity index (χ3v) is 3.81. The van der Waals surface area contributed by atoms with E-state index in [9.17, 15) is 14.4 Å². The van der Waals surface area contributed by atoms with Crippen LogP contribution in [0.25, 0.3) is 0 Å². The van der Waals surface area contributed by atoms with Crippen molar-refractivity contribution < 1.29 is 9.21 Å². The van der Waals surface area contributed by atoms with Crippen molar-refractivity contribution in [2.75, 3.05) is 26.2 Å². The van der Waals surface area contributed by atoms with Gasteiger partial charge in [-0.25, -0.2) is 4.79 Å². The molecule has 2 heterocycles. The summed E-state index contributed by atoms with van der Waals surface area (Å²) in [5.41, 5.74) is -1.33. The van der Waals surface area contributed by atoms with E-state index >= 15 is 0 Å². The van der Waals surface area contributed by atoms with Gasteiger partial charge in [0.1, 0.15) is 11.3 Å². The highest BCUT2D eigenvalue weighted by atomic mass is 16.3. The van der Waals surface area contributed by atoms with Gasteiger partial charge in [-0.15, -0.1) is 0 Å². The molecule has 8 nitrogen and oxygen atoms in total. The minimum atomic E-state index is -0.643. The van der Waals surface area contributed by atoms with Crippen molar-refractivity contribution in [1.82, 2.24) is 19.8 Å². The quantitative estimate of drug-likeness (QED) is 0.721. The first-order valence-corrected chi connectivity index (χ1v) is 7.92. The number of carbonyl (C=O) groups is 1. The Bertz CT molecular complexity index is 772. The number of rotatable bonds is 8. The maximum Gasteiger partial charge on any atom is 0.328 e. The van der Waals surface area contributed by atoms with Crippen LogP contribution in [0.3, 0.4) is 0 Å². The predicted octanol–water partition coefficient (Wildman–Crippen LogP) is 0.250. The van der Waals surface area contributed by atoms with Gasteiger partial charge in [-0.1, -0.05) is 13.8 Å². The van der Waals surface area contributed by atoms with Crippen LogP contribution in [-0.4, -0.2) is 46.5 Å². The molecule has 0 atom stereocenters. The lowest BCUT2D eigenvalue weighted by atomic mass is 10.3. The van der Waals surface area contributed by atoms with Crippen LogP contribution >= 0.6 is 0 Å². The van der Waals surface area contributed by atoms with E-state index in [1.54, 1.807) is 12.1 Å². The van der Waals surface area contributed by atoms with Gasteiger partial charge in [0, 0.05) is 19.3 Å². The van der Waals surface area contributed by atoms with Crippen molar-refractivity contribution in [3.8, 4) is 0 Å². The molecular weight excluding hydrogens is 312 g/mol. The van der Waals surface area contributed by atoms with E-state index in [1.165, 1.54) is 6.26 Å². The van der Waals surface area contributed by atoms with E-state index in [1.807, 2.05) is 13.8 Å². The lowest BCUT2D eigenvalue weighted by molar-refractivity contribution is 0.0946. The number of aromatic amines is 1. The van der Waals surface area contributed by atoms with Crippen LogP contribution in [0.15, 0.2) is 38.6 Å². The minimum absolute atomic E-state index is 0.0261. The molecule has 2 aromatic rings. The molecule has 0 aromatic carbocycles. The fourth-order valence-electron chi connectivity index (χ4n) is 2.34. The molecule has 2 aromatic heterocycles. The molecule has 0 bridgehead atoms. The van der Waals surface area contributed by atoms with Crippen LogP contribution in [-0.2, 0) is 6.54 Å². The van der Waals surface area contributed by atoms with Gasteiger partial charge in [0.2, 0.25) is 0 Å². The number of carbonyl (C=O) groups excluding carboxylic acids is 1. The van der Waals surface area contributed by atoms with Crippen molar-refractivity contribution in [1.29, 1.82) is 0 Å². The summed E-state index contributed by atoms with van der Waals surface area (Å²) in [5.74, 6) is -0.0432. The molecule has 0 radical (unpaired) electrons. The Morgan fingerprint density at radius 2 is 2.08 bits per heavy atom. The second kappa shape index (κ2) is 8.30. The van der Waals surface area contributed by atoms with Gasteiger partial charge in [-0.05, 0) is 25.2 Å². The zero-order valence-corrected chi connectivity index (χ0v) is 13.9. The molecule has 0 saturated carbocycles. The number of hydrogen-bond acceptors (Lipinski definition) is 5. The number of amides is 1. The first kappa shape index (κ1) is 17.7. The lowest BCUT2D eigenvalue weighted by Gasteiger charge is -2.17. The number of likely N-dealkylation sites (N-methyl/N-ethyl adjacent to an activating group) is 1. The molecule has 8 heteroatoms. The molecule has 0 fully saturated rings. The number of H-pyrrole nitrogens is 1. The molecule has 0 aliphatic heterocycles. The van der Waals surface area contributed by atoms with Crippen LogP contribution in [0.4, 0.5) is 0 Å². The Hall–Kier alpha value is -2.61. The highest BCUT2D eigenvalue weighted by molar-refractivity contribution is 5.93. The molecule has 0 aliphatic carbocycles. The summed E-state index contributed by atoms with van der Waals surface area (Å²) in [6.45, 7) is 6.96. The largest absolute Gasteiger partial charge is 0.467 e. The van der Waals surface area contributed by atoms with E-state index < -0.39 is 17.2 Å². The van der Waals surface area contributed by atoms with Gasteiger partial charge in [-0.2, -0.15) is 0 Å². The maximum absolute atomic E-state index is 12.4. The van der Waals surface area contributed by atoms with Crippen LogP contribution in [0.1, 0.15) is 30.0 Å². The summed E-state index contributed by atoms with van der Waals surface area (Å²) in [4.78, 5) is 41.0.